The largest absolute Gasteiger partial charge is 0.497 e. The molecule has 2 aromatic carbocycles. The van der Waals surface area contributed by atoms with E-state index in [9.17, 15) is 8.42 Å². The summed E-state index contributed by atoms with van der Waals surface area (Å²) < 4.78 is 35.1. The maximum Gasteiger partial charge on any atom is 0.175 e. The number of benzene rings is 2. The lowest BCUT2D eigenvalue weighted by Crippen LogP contribution is -2.54. The molecule has 2 aliphatic rings. The first-order chi connectivity index (χ1) is 15.3. The molecule has 4 N–H and O–H groups in total. The van der Waals surface area contributed by atoms with Crippen molar-refractivity contribution in [2.24, 2.45) is 5.73 Å². The summed E-state index contributed by atoms with van der Waals surface area (Å²) in [4.78, 5) is 0.261. The minimum absolute atomic E-state index is 0.0372. The van der Waals surface area contributed by atoms with Gasteiger partial charge in [-0.15, -0.1) is 0 Å². The van der Waals surface area contributed by atoms with Gasteiger partial charge in [0.15, 0.2) is 9.84 Å². The Hall–Kier alpha value is -2.81. The lowest BCUT2D eigenvalue weighted by Gasteiger charge is -2.34. The van der Waals surface area contributed by atoms with Crippen LogP contribution >= 0.6 is 0 Å². The van der Waals surface area contributed by atoms with Crippen LogP contribution in [0.2, 0.25) is 0 Å². The minimum atomic E-state index is -3.31. The molecule has 8 heteroatoms. The summed E-state index contributed by atoms with van der Waals surface area (Å²) in [5, 5.41) is 6.73. The monoisotopic (exact) mass is 455 g/mol. The number of nitrogens with two attached hydrogens (primary N) is 1. The van der Waals surface area contributed by atoms with E-state index in [0.29, 0.717) is 12.1 Å². The van der Waals surface area contributed by atoms with E-state index in [1.165, 1.54) is 6.26 Å². The average molecular weight is 456 g/mol. The van der Waals surface area contributed by atoms with Crippen molar-refractivity contribution >= 4 is 15.5 Å². The lowest BCUT2D eigenvalue weighted by molar-refractivity contribution is 0.137. The fraction of sp³-hybridized carbons (Fsp3) is 0.333. The van der Waals surface area contributed by atoms with E-state index in [2.05, 4.69) is 10.6 Å². The normalized spacial score (nSPS) is 23.2. The van der Waals surface area contributed by atoms with Crippen LogP contribution < -0.4 is 21.1 Å². The zero-order valence-corrected chi connectivity index (χ0v) is 19.1. The second kappa shape index (κ2) is 8.97. The van der Waals surface area contributed by atoms with Gasteiger partial charge in [-0.1, -0.05) is 18.2 Å². The summed E-state index contributed by atoms with van der Waals surface area (Å²) in [5.74, 6) is 0.792. The van der Waals surface area contributed by atoms with Crippen molar-refractivity contribution in [1.82, 2.24) is 5.32 Å². The van der Waals surface area contributed by atoms with Crippen LogP contribution in [0.1, 0.15) is 18.4 Å². The first-order valence-electron chi connectivity index (χ1n) is 10.6. The van der Waals surface area contributed by atoms with E-state index < -0.39 is 15.5 Å². The van der Waals surface area contributed by atoms with Crippen LogP contribution in [-0.2, 0) is 21.0 Å². The molecular weight excluding hydrogens is 426 g/mol. The number of rotatable bonds is 7. The maximum atomic E-state index is 12.0. The number of ether oxygens (including phenoxy) is 2. The summed E-state index contributed by atoms with van der Waals surface area (Å²) in [5.41, 5.74) is 9.43. The Kier molecular flexibility index (Phi) is 6.28. The summed E-state index contributed by atoms with van der Waals surface area (Å²) in [6.07, 6.45) is 7.52. The number of sulfone groups is 1. The van der Waals surface area contributed by atoms with Crippen molar-refractivity contribution in [1.29, 1.82) is 0 Å². The van der Waals surface area contributed by atoms with Gasteiger partial charge in [-0.25, -0.2) is 8.42 Å². The smallest absolute Gasteiger partial charge is 0.175 e. The van der Waals surface area contributed by atoms with Crippen molar-refractivity contribution in [3.63, 3.8) is 0 Å². The Morgan fingerprint density at radius 3 is 2.69 bits per heavy atom. The van der Waals surface area contributed by atoms with Gasteiger partial charge in [-0.3, -0.25) is 0 Å². The van der Waals surface area contributed by atoms with Gasteiger partial charge >= 0.3 is 0 Å². The number of nitrogens with one attached hydrogen (secondary N) is 2. The molecule has 0 radical (unpaired) electrons. The number of dihydropyridines is 1. The molecule has 2 unspecified atom stereocenters. The van der Waals surface area contributed by atoms with Gasteiger partial charge in [0.25, 0.3) is 0 Å². The van der Waals surface area contributed by atoms with Crippen LogP contribution in [0.4, 0.5) is 5.69 Å². The standard InChI is InChI=1S/C24H29N3O4S/c1-30-19-10-8-17(9-11-19)14-24(25)15-22(21(16-26-24)23-7-4-12-31-23)27-18-5-3-6-20(13-18)32(2,28)29/h3,5-6,8-11,13,15-16,23,26-27H,4,7,12,14,25H2,1-2H3. The number of hydrogen-bond acceptors (Lipinski definition) is 7. The number of methoxy groups -OCH3 is 1. The van der Waals surface area contributed by atoms with Gasteiger partial charge in [0.05, 0.1) is 18.1 Å². The molecule has 2 atom stereocenters. The molecule has 170 valence electrons. The van der Waals surface area contributed by atoms with Crippen molar-refractivity contribution in [2.45, 2.75) is 35.9 Å². The molecule has 32 heavy (non-hydrogen) atoms. The van der Waals surface area contributed by atoms with Crippen molar-refractivity contribution in [2.75, 3.05) is 25.3 Å². The van der Waals surface area contributed by atoms with E-state index in [0.717, 1.165) is 42.0 Å². The van der Waals surface area contributed by atoms with E-state index in [1.54, 1.807) is 25.3 Å². The van der Waals surface area contributed by atoms with Crippen LogP contribution in [0.3, 0.4) is 0 Å². The SMILES string of the molecule is COc1ccc(CC2(N)C=C(Nc3cccc(S(C)(=O)=O)c3)C(C3CCCO3)=CN2)cc1. The Bertz CT molecular complexity index is 1140. The molecule has 2 heterocycles. The quantitative estimate of drug-likeness (QED) is 0.590. The zero-order valence-electron chi connectivity index (χ0n) is 18.3. The van der Waals surface area contributed by atoms with Crippen molar-refractivity contribution in [3.8, 4) is 5.75 Å². The highest BCUT2D eigenvalue weighted by Crippen LogP contribution is 2.31. The van der Waals surface area contributed by atoms with Crippen LogP contribution in [0.25, 0.3) is 0 Å². The van der Waals surface area contributed by atoms with Gasteiger partial charge in [-0.2, -0.15) is 0 Å². The molecule has 0 spiro atoms. The summed E-state index contributed by atoms with van der Waals surface area (Å²) in [7, 11) is -1.67. The molecule has 4 rings (SSSR count). The third-order valence-electron chi connectivity index (χ3n) is 5.68. The second-order valence-corrected chi connectivity index (χ2v) is 10.3. The van der Waals surface area contributed by atoms with Crippen molar-refractivity contribution in [3.05, 3.63) is 77.6 Å². The Labute approximate surface area is 189 Å². The predicted molar refractivity (Wildman–Crippen MR) is 125 cm³/mol. The first-order valence-corrected chi connectivity index (χ1v) is 12.5. The molecule has 2 aromatic rings. The van der Waals surface area contributed by atoms with Gasteiger partial charge in [-0.05, 0) is 54.8 Å². The Morgan fingerprint density at radius 2 is 2.03 bits per heavy atom. The molecule has 0 amide bonds. The Morgan fingerprint density at radius 1 is 1.25 bits per heavy atom. The van der Waals surface area contributed by atoms with E-state index in [1.807, 2.05) is 42.6 Å². The highest BCUT2D eigenvalue weighted by molar-refractivity contribution is 7.90. The molecule has 1 fully saturated rings. The van der Waals surface area contributed by atoms with Gasteiger partial charge < -0.3 is 25.8 Å². The summed E-state index contributed by atoms with van der Waals surface area (Å²) >= 11 is 0. The summed E-state index contributed by atoms with van der Waals surface area (Å²) in [6, 6.07) is 14.6. The molecule has 0 aromatic heterocycles. The first kappa shape index (κ1) is 22.4. The number of hydrogen-bond donors (Lipinski definition) is 3. The molecule has 0 aliphatic carbocycles. The minimum Gasteiger partial charge on any atom is -0.497 e. The van der Waals surface area contributed by atoms with Crippen LogP contribution in [0.15, 0.2) is 77.0 Å². The molecule has 1 saturated heterocycles. The predicted octanol–water partition coefficient (Wildman–Crippen LogP) is 2.96. The van der Waals surface area contributed by atoms with E-state index >= 15 is 0 Å². The fourth-order valence-corrected chi connectivity index (χ4v) is 4.68. The summed E-state index contributed by atoms with van der Waals surface area (Å²) in [6.45, 7) is 0.721. The van der Waals surface area contributed by atoms with E-state index in [-0.39, 0.29) is 11.0 Å². The average Bonchev–Trinajstić information content (AvgIpc) is 3.28. The maximum absolute atomic E-state index is 12.0. The highest BCUT2D eigenvalue weighted by Gasteiger charge is 2.32. The van der Waals surface area contributed by atoms with E-state index in [4.69, 9.17) is 15.2 Å². The molecule has 0 saturated carbocycles. The van der Waals surface area contributed by atoms with Gasteiger partial charge in [0.2, 0.25) is 0 Å². The third kappa shape index (κ3) is 5.15. The second-order valence-electron chi connectivity index (χ2n) is 8.29. The van der Waals surface area contributed by atoms with Crippen molar-refractivity contribution < 1.29 is 17.9 Å². The number of anilines is 1. The molecular formula is C24H29N3O4S. The Balaban J connectivity index is 1.63. The molecule has 2 aliphatic heterocycles. The van der Waals surface area contributed by atoms with Gasteiger partial charge in [0.1, 0.15) is 11.4 Å². The lowest BCUT2D eigenvalue weighted by atomic mass is 9.92. The van der Waals surface area contributed by atoms with Crippen LogP contribution in [-0.4, -0.2) is 40.2 Å². The fourth-order valence-electron chi connectivity index (χ4n) is 4.01. The van der Waals surface area contributed by atoms with Crippen LogP contribution in [0.5, 0.6) is 5.75 Å². The van der Waals surface area contributed by atoms with Gasteiger partial charge in [0, 0.05) is 42.4 Å². The third-order valence-corrected chi connectivity index (χ3v) is 6.79. The highest BCUT2D eigenvalue weighted by atomic mass is 32.2. The molecule has 7 nitrogen and oxygen atoms in total. The van der Waals surface area contributed by atoms with Crippen LogP contribution in [0, 0.1) is 0 Å². The topological polar surface area (TPSA) is 103 Å². The zero-order chi connectivity index (χ0) is 22.8. The molecule has 0 bridgehead atoms.